The van der Waals surface area contributed by atoms with E-state index in [0.717, 1.165) is 5.56 Å². The molecule has 8 heteroatoms. The van der Waals surface area contributed by atoms with E-state index in [1.54, 1.807) is 50.4 Å². The quantitative estimate of drug-likeness (QED) is 0.729. The molecule has 1 atom stereocenters. The second-order valence-electron chi connectivity index (χ2n) is 6.51. The molecule has 0 spiro atoms. The Morgan fingerprint density at radius 3 is 2.22 bits per heavy atom. The molecule has 148 valence electrons. The highest BCUT2D eigenvalue weighted by Gasteiger charge is 2.32. The van der Waals surface area contributed by atoms with Crippen molar-refractivity contribution in [3.63, 3.8) is 0 Å². The van der Waals surface area contributed by atoms with Crippen molar-refractivity contribution in [3.05, 3.63) is 65.7 Å². The third-order valence-corrected chi connectivity index (χ3v) is 5.71. The molecule has 1 amide bonds. The molecule has 2 aromatic carbocycles. The average molecular weight is 412 g/mol. The predicted molar refractivity (Wildman–Crippen MR) is 109 cm³/mol. The van der Waals surface area contributed by atoms with Crippen molar-refractivity contribution in [1.29, 1.82) is 0 Å². The normalized spacial score (nSPS) is 13.3. The monoisotopic (exact) mass is 411 g/mol. The van der Waals surface area contributed by atoms with Gasteiger partial charge in [0.25, 0.3) is 0 Å². The Hall–Kier alpha value is -1.93. The molecule has 1 unspecified atom stereocenters. The summed E-state index contributed by atoms with van der Waals surface area (Å²) >= 11 is 0. The van der Waals surface area contributed by atoms with Gasteiger partial charge in [-0.1, -0.05) is 48.0 Å². The zero-order valence-electron chi connectivity index (χ0n) is 15.7. The highest BCUT2D eigenvalue weighted by molar-refractivity contribution is 7.89. The van der Waals surface area contributed by atoms with Gasteiger partial charge >= 0.3 is 0 Å². The summed E-state index contributed by atoms with van der Waals surface area (Å²) in [5, 5.41) is 0. The van der Waals surface area contributed by atoms with Crippen LogP contribution < -0.4 is 10.5 Å². The van der Waals surface area contributed by atoms with Crippen LogP contribution in [0.3, 0.4) is 0 Å². The van der Waals surface area contributed by atoms with Crippen molar-refractivity contribution in [2.24, 2.45) is 5.73 Å². The zero-order chi connectivity index (χ0) is 19.4. The fourth-order valence-corrected chi connectivity index (χ4v) is 3.58. The van der Waals surface area contributed by atoms with Crippen molar-refractivity contribution in [1.82, 2.24) is 9.62 Å². The Bertz CT molecular complexity index is 854. The molecule has 0 saturated carbocycles. The summed E-state index contributed by atoms with van der Waals surface area (Å²) in [6.07, 6.45) is 0. The SMILES string of the molecule is Cc1ccc(S(=O)(=O)NCCN(C)C(=O)C(C)(N)c2ccccc2)cc1.Cl. The first-order chi connectivity index (χ1) is 12.1. The standard InChI is InChI=1S/C19H25N3O3S.ClH/c1-15-9-11-17(12-10-15)26(24,25)21-13-14-22(3)18(23)19(2,20)16-7-5-4-6-8-16;/h4-12,21H,13-14,20H2,1-3H3;1H. The number of amides is 1. The molecule has 0 saturated heterocycles. The fourth-order valence-electron chi connectivity index (χ4n) is 2.55. The van der Waals surface area contributed by atoms with Crippen LogP contribution in [0.15, 0.2) is 59.5 Å². The zero-order valence-corrected chi connectivity index (χ0v) is 17.3. The third-order valence-electron chi connectivity index (χ3n) is 4.24. The first kappa shape index (κ1) is 23.1. The van der Waals surface area contributed by atoms with Gasteiger partial charge in [0.2, 0.25) is 15.9 Å². The lowest BCUT2D eigenvalue weighted by Crippen LogP contribution is -2.51. The number of carbonyl (C=O) groups excluding carboxylic acids is 1. The molecule has 0 aromatic heterocycles. The summed E-state index contributed by atoms with van der Waals surface area (Å²) < 4.78 is 27.1. The lowest BCUT2D eigenvalue weighted by atomic mass is 9.92. The van der Waals surface area contributed by atoms with Crippen LogP contribution in [0.1, 0.15) is 18.1 Å². The predicted octanol–water partition coefficient (Wildman–Crippen LogP) is 2.03. The molecule has 0 aliphatic carbocycles. The van der Waals surface area contributed by atoms with Crippen molar-refractivity contribution in [2.45, 2.75) is 24.3 Å². The molecule has 0 radical (unpaired) electrons. The first-order valence-electron chi connectivity index (χ1n) is 8.31. The number of benzene rings is 2. The molecule has 2 rings (SSSR count). The van der Waals surface area contributed by atoms with Gasteiger partial charge in [0, 0.05) is 20.1 Å². The molecule has 0 aliphatic rings. The number of aryl methyl sites for hydroxylation is 1. The Balaban J connectivity index is 0.00000364. The number of sulfonamides is 1. The molecule has 3 N–H and O–H groups in total. The van der Waals surface area contributed by atoms with Gasteiger partial charge in [0.15, 0.2) is 0 Å². The Morgan fingerprint density at radius 2 is 1.67 bits per heavy atom. The van der Waals surface area contributed by atoms with Gasteiger partial charge in [0.1, 0.15) is 5.54 Å². The van der Waals surface area contributed by atoms with Crippen LogP contribution in [0.5, 0.6) is 0 Å². The summed E-state index contributed by atoms with van der Waals surface area (Å²) in [6.45, 7) is 3.85. The summed E-state index contributed by atoms with van der Waals surface area (Å²) in [4.78, 5) is 14.3. The number of nitrogens with one attached hydrogen (secondary N) is 1. The summed E-state index contributed by atoms with van der Waals surface area (Å²) in [7, 11) is -2.00. The summed E-state index contributed by atoms with van der Waals surface area (Å²) in [5.74, 6) is -0.279. The number of nitrogens with two attached hydrogens (primary N) is 1. The number of nitrogens with zero attached hydrogens (tertiary/aromatic N) is 1. The molecule has 0 bridgehead atoms. The fraction of sp³-hybridized carbons (Fsp3) is 0.316. The molecule has 27 heavy (non-hydrogen) atoms. The number of carbonyl (C=O) groups is 1. The van der Waals surface area contributed by atoms with E-state index in [2.05, 4.69) is 4.72 Å². The van der Waals surface area contributed by atoms with Gasteiger partial charge in [-0.05, 0) is 31.5 Å². The maximum absolute atomic E-state index is 12.7. The summed E-state index contributed by atoms with van der Waals surface area (Å²) in [6, 6.07) is 15.7. The van der Waals surface area contributed by atoms with Crippen LogP contribution in [0, 0.1) is 6.92 Å². The van der Waals surface area contributed by atoms with Gasteiger partial charge in [-0.3, -0.25) is 4.79 Å². The molecular formula is C19H26ClN3O3S. The van der Waals surface area contributed by atoms with Crippen LogP contribution in [0.2, 0.25) is 0 Å². The van der Waals surface area contributed by atoms with E-state index >= 15 is 0 Å². The Labute approximate surface area is 167 Å². The maximum atomic E-state index is 12.7. The molecular weight excluding hydrogens is 386 g/mol. The molecule has 6 nitrogen and oxygen atoms in total. The van der Waals surface area contributed by atoms with Crippen LogP contribution in [-0.2, 0) is 20.4 Å². The van der Waals surface area contributed by atoms with Crippen molar-refractivity contribution < 1.29 is 13.2 Å². The average Bonchev–Trinajstić information content (AvgIpc) is 2.62. The molecule has 0 aliphatic heterocycles. The number of hydrogen-bond donors (Lipinski definition) is 2. The van der Waals surface area contributed by atoms with E-state index in [-0.39, 0.29) is 36.3 Å². The third kappa shape index (κ3) is 5.77. The van der Waals surface area contributed by atoms with Crippen molar-refractivity contribution >= 4 is 28.3 Å². The summed E-state index contributed by atoms with van der Waals surface area (Å²) in [5.41, 5.74) is 6.73. The lowest BCUT2D eigenvalue weighted by molar-refractivity contribution is -0.135. The van der Waals surface area contributed by atoms with Crippen LogP contribution >= 0.6 is 12.4 Å². The van der Waals surface area contributed by atoms with E-state index < -0.39 is 15.6 Å². The van der Waals surface area contributed by atoms with Crippen molar-refractivity contribution in [2.75, 3.05) is 20.1 Å². The smallest absolute Gasteiger partial charge is 0.246 e. The lowest BCUT2D eigenvalue weighted by Gasteiger charge is -2.29. The van der Waals surface area contributed by atoms with Gasteiger partial charge in [-0.25, -0.2) is 13.1 Å². The first-order valence-corrected chi connectivity index (χ1v) is 9.79. The van der Waals surface area contributed by atoms with E-state index in [1.807, 2.05) is 25.1 Å². The van der Waals surface area contributed by atoms with E-state index in [1.165, 1.54) is 4.90 Å². The number of hydrogen-bond acceptors (Lipinski definition) is 4. The van der Waals surface area contributed by atoms with Crippen LogP contribution in [0.4, 0.5) is 0 Å². The molecule has 2 aromatic rings. The van der Waals surface area contributed by atoms with Gasteiger partial charge in [0.05, 0.1) is 4.90 Å². The minimum Gasteiger partial charge on any atom is -0.343 e. The Kier molecular flexibility index (Phi) is 7.98. The van der Waals surface area contributed by atoms with Crippen LogP contribution in [0.25, 0.3) is 0 Å². The van der Waals surface area contributed by atoms with E-state index in [4.69, 9.17) is 5.73 Å². The largest absolute Gasteiger partial charge is 0.343 e. The molecule has 0 heterocycles. The topological polar surface area (TPSA) is 92.5 Å². The minimum absolute atomic E-state index is 0. The van der Waals surface area contributed by atoms with Gasteiger partial charge < -0.3 is 10.6 Å². The maximum Gasteiger partial charge on any atom is 0.246 e. The second-order valence-corrected chi connectivity index (χ2v) is 8.27. The second kappa shape index (κ2) is 9.32. The number of halogens is 1. The van der Waals surface area contributed by atoms with E-state index in [9.17, 15) is 13.2 Å². The van der Waals surface area contributed by atoms with Crippen LogP contribution in [-0.4, -0.2) is 39.4 Å². The Morgan fingerprint density at radius 1 is 1.11 bits per heavy atom. The number of rotatable bonds is 7. The minimum atomic E-state index is -3.61. The van der Waals surface area contributed by atoms with Gasteiger partial charge in [-0.2, -0.15) is 0 Å². The van der Waals surface area contributed by atoms with Crippen molar-refractivity contribution in [3.8, 4) is 0 Å². The molecule has 0 fully saturated rings. The highest BCUT2D eigenvalue weighted by Crippen LogP contribution is 2.19. The highest BCUT2D eigenvalue weighted by atomic mass is 35.5. The van der Waals surface area contributed by atoms with Gasteiger partial charge in [-0.15, -0.1) is 12.4 Å². The number of likely N-dealkylation sites (N-methyl/N-ethyl adjacent to an activating group) is 1. The van der Waals surface area contributed by atoms with E-state index in [0.29, 0.717) is 5.56 Å².